The van der Waals surface area contributed by atoms with Crippen molar-refractivity contribution in [2.45, 2.75) is 0 Å². The molecule has 0 unspecified atom stereocenters. The Morgan fingerprint density at radius 1 is 1.09 bits per heavy atom. The second kappa shape index (κ2) is 7.85. The van der Waals surface area contributed by atoms with Gasteiger partial charge in [-0.15, -0.1) is 0 Å². The number of carbonyl (C=O) groups is 1. The number of carbonyl (C=O) groups excluding carboxylic acids is 1. The van der Waals surface area contributed by atoms with E-state index >= 15 is 0 Å². The van der Waals surface area contributed by atoms with E-state index in [1.54, 1.807) is 18.3 Å². The third-order valence-corrected chi connectivity index (χ3v) is 3.88. The molecule has 1 aliphatic rings. The average molecular weight is 312 g/mol. The Kier molecular flexibility index (Phi) is 5.34. The quantitative estimate of drug-likeness (QED) is 0.766. The van der Waals surface area contributed by atoms with Gasteiger partial charge in [0.1, 0.15) is 12.9 Å². The molecule has 1 fully saturated rings. The van der Waals surface area contributed by atoms with Gasteiger partial charge in [-0.3, -0.25) is 9.69 Å². The van der Waals surface area contributed by atoms with Crippen molar-refractivity contribution in [3.05, 3.63) is 48.2 Å². The van der Waals surface area contributed by atoms with Crippen molar-refractivity contribution in [2.75, 3.05) is 39.5 Å². The van der Waals surface area contributed by atoms with Gasteiger partial charge in [0.2, 0.25) is 5.88 Å². The maximum atomic E-state index is 10.7. The Morgan fingerprint density at radius 2 is 1.83 bits per heavy atom. The van der Waals surface area contributed by atoms with E-state index in [0.29, 0.717) is 18.1 Å². The molecule has 0 radical (unpaired) electrons. The van der Waals surface area contributed by atoms with E-state index < -0.39 is 0 Å². The molecule has 1 aromatic carbocycles. The Bertz CT molecular complexity index is 620. The molecule has 1 aromatic heterocycles. The van der Waals surface area contributed by atoms with Crippen LogP contribution in [0, 0.1) is 0 Å². The second-order valence-corrected chi connectivity index (χ2v) is 5.43. The molecule has 3 rings (SSSR count). The minimum atomic E-state index is 0.625. The third kappa shape index (κ3) is 4.37. The highest BCUT2D eigenvalue weighted by Crippen LogP contribution is 2.20. The number of morpholine rings is 1. The van der Waals surface area contributed by atoms with Crippen LogP contribution in [0.25, 0.3) is 11.1 Å². The van der Waals surface area contributed by atoms with Crippen molar-refractivity contribution >= 4 is 6.29 Å². The highest BCUT2D eigenvalue weighted by molar-refractivity contribution is 5.76. The average Bonchev–Trinajstić information content (AvgIpc) is 2.63. The number of nitrogens with zero attached hydrogens (tertiary/aromatic N) is 2. The Labute approximate surface area is 135 Å². The van der Waals surface area contributed by atoms with Crippen LogP contribution in [-0.4, -0.2) is 55.6 Å². The lowest BCUT2D eigenvalue weighted by Crippen LogP contribution is -2.38. The number of aldehydes is 1. The van der Waals surface area contributed by atoms with Crippen LogP contribution in [0.15, 0.2) is 42.6 Å². The first-order valence-electron chi connectivity index (χ1n) is 7.80. The molecule has 0 spiro atoms. The van der Waals surface area contributed by atoms with Crippen LogP contribution in [0.5, 0.6) is 5.88 Å². The molecule has 2 aromatic rings. The largest absolute Gasteiger partial charge is 0.476 e. The Hall–Kier alpha value is -2.24. The minimum Gasteiger partial charge on any atom is -0.476 e. The molecule has 0 atom stereocenters. The fourth-order valence-electron chi connectivity index (χ4n) is 2.49. The topological polar surface area (TPSA) is 51.7 Å². The summed E-state index contributed by atoms with van der Waals surface area (Å²) >= 11 is 0. The second-order valence-electron chi connectivity index (χ2n) is 5.43. The molecule has 120 valence electrons. The molecular weight excluding hydrogens is 292 g/mol. The molecule has 5 heteroatoms. The molecule has 0 saturated carbocycles. The van der Waals surface area contributed by atoms with Crippen LogP contribution in [0.4, 0.5) is 0 Å². The van der Waals surface area contributed by atoms with Crippen molar-refractivity contribution in [1.29, 1.82) is 0 Å². The molecular formula is C18H20N2O3. The first kappa shape index (κ1) is 15.6. The summed E-state index contributed by atoms with van der Waals surface area (Å²) in [5, 5.41) is 0. The van der Waals surface area contributed by atoms with E-state index in [4.69, 9.17) is 9.47 Å². The van der Waals surface area contributed by atoms with Crippen LogP contribution in [0.3, 0.4) is 0 Å². The maximum Gasteiger partial charge on any atom is 0.213 e. The van der Waals surface area contributed by atoms with E-state index in [9.17, 15) is 4.79 Å². The SMILES string of the molecule is O=Cc1ccc(-c2ccc(OCCN3CCOCC3)nc2)cc1. The normalized spacial score (nSPS) is 15.3. The van der Waals surface area contributed by atoms with Crippen molar-refractivity contribution in [2.24, 2.45) is 0 Å². The van der Waals surface area contributed by atoms with Gasteiger partial charge in [0.05, 0.1) is 13.2 Å². The van der Waals surface area contributed by atoms with E-state index in [0.717, 1.165) is 50.3 Å². The van der Waals surface area contributed by atoms with Crippen LogP contribution in [0.1, 0.15) is 10.4 Å². The van der Waals surface area contributed by atoms with Gasteiger partial charge in [0, 0.05) is 43.0 Å². The summed E-state index contributed by atoms with van der Waals surface area (Å²) in [6.07, 6.45) is 2.63. The van der Waals surface area contributed by atoms with Gasteiger partial charge in [0.15, 0.2) is 0 Å². The lowest BCUT2D eigenvalue weighted by molar-refractivity contribution is 0.0320. The Morgan fingerprint density at radius 3 is 2.48 bits per heavy atom. The predicted octanol–water partition coefficient (Wildman–Crippen LogP) is 2.27. The highest BCUT2D eigenvalue weighted by Gasteiger charge is 2.09. The van der Waals surface area contributed by atoms with Gasteiger partial charge in [0.25, 0.3) is 0 Å². The van der Waals surface area contributed by atoms with Crippen molar-refractivity contribution in [3.8, 4) is 17.0 Å². The maximum absolute atomic E-state index is 10.7. The van der Waals surface area contributed by atoms with Gasteiger partial charge in [-0.05, 0) is 11.6 Å². The van der Waals surface area contributed by atoms with Crippen molar-refractivity contribution in [1.82, 2.24) is 9.88 Å². The van der Waals surface area contributed by atoms with Crippen LogP contribution < -0.4 is 4.74 Å². The van der Waals surface area contributed by atoms with Crippen LogP contribution in [0.2, 0.25) is 0 Å². The number of benzene rings is 1. The van der Waals surface area contributed by atoms with E-state index in [-0.39, 0.29) is 0 Å². The number of hydrogen-bond acceptors (Lipinski definition) is 5. The summed E-state index contributed by atoms with van der Waals surface area (Å²) in [4.78, 5) is 17.3. The number of pyridine rings is 1. The van der Waals surface area contributed by atoms with Gasteiger partial charge >= 0.3 is 0 Å². The van der Waals surface area contributed by atoms with Crippen molar-refractivity contribution in [3.63, 3.8) is 0 Å². The van der Waals surface area contributed by atoms with Gasteiger partial charge in [-0.25, -0.2) is 4.98 Å². The zero-order valence-electron chi connectivity index (χ0n) is 13.0. The molecule has 0 N–H and O–H groups in total. The molecule has 1 saturated heterocycles. The minimum absolute atomic E-state index is 0.625. The first-order valence-corrected chi connectivity index (χ1v) is 7.80. The molecule has 0 aliphatic carbocycles. The summed E-state index contributed by atoms with van der Waals surface area (Å²) in [5.41, 5.74) is 2.70. The van der Waals surface area contributed by atoms with Crippen LogP contribution >= 0.6 is 0 Å². The fourth-order valence-corrected chi connectivity index (χ4v) is 2.49. The van der Waals surface area contributed by atoms with Crippen LogP contribution in [-0.2, 0) is 4.74 Å². The lowest BCUT2D eigenvalue weighted by atomic mass is 10.1. The number of rotatable bonds is 6. The molecule has 1 aliphatic heterocycles. The smallest absolute Gasteiger partial charge is 0.213 e. The van der Waals surface area contributed by atoms with E-state index in [2.05, 4.69) is 9.88 Å². The molecule has 23 heavy (non-hydrogen) atoms. The predicted molar refractivity (Wildman–Crippen MR) is 87.8 cm³/mol. The fraction of sp³-hybridized carbons (Fsp3) is 0.333. The van der Waals surface area contributed by atoms with Gasteiger partial charge < -0.3 is 9.47 Å². The molecule has 0 amide bonds. The molecule has 2 heterocycles. The highest BCUT2D eigenvalue weighted by atomic mass is 16.5. The zero-order valence-corrected chi connectivity index (χ0v) is 13.0. The number of hydrogen-bond donors (Lipinski definition) is 0. The first-order chi connectivity index (χ1) is 11.3. The summed E-state index contributed by atoms with van der Waals surface area (Å²) in [6, 6.07) is 11.3. The summed E-state index contributed by atoms with van der Waals surface area (Å²) in [7, 11) is 0. The summed E-state index contributed by atoms with van der Waals surface area (Å²) in [5.74, 6) is 0.631. The van der Waals surface area contributed by atoms with Gasteiger partial charge in [-0.2, -0.15) is 0 Å². The monoisotopic (exact) mass is 312 g/mol. The van der Waals surface area contributed by atoms with Gasteiger partial charge in [-0.1, -0.05) is 24.3 Å². The standard InChI is InChI=1S/C18H20N2O3/c21-14-15-1-3-16(4-2-15)17-5-6-18(19-13-17)23-12-9-20-7-10-22-11-8-20/h1-6,13-14H,7-12H2. The van der Waals surface area contributed by atoms with E-state index in [1.807, 2.05) is 24.3 Å². The number of aromatic nitrogens is 1. The Balaban J connectivity index is 1.52. The number of ether oxygens (including phenoxy) is 2. The zero-order chi connectivity index (χ0) is 15.9. The third-order valence-electron chi connectivity index (χ3n) is 3.88. The molecule has 0 bridgehead atoms. The van der Waals surface area contributed by atoms with E-state index in [1.165, 1.54) is 0 Å². The lowest BCUT2D eigenvalue weighted by Gasteiger charge is -2.26. The summed E-state index contributed by atoms with van der Waals surface area (Å²) < 4.78 is 11.0. The molecule has 5 nitrogen and oxygen atoms in total. The van der Waals surface area contributed by atoms with Crippen molar-refractivity contribution < 1.29 is 14.3 Å². The summed E-state index contributed by atoms with van der Waals surface area (Å²) in [6.45, 7) is 5.05.